The number of fused-ring (bicyclic) bond motifs is 1. The fourth-order valence-corrected chi connectivity index (χ4v) is 3.75. The Kier molecular flexibility index (Phi) is 7.40. The topological polar surface area (TPSA) is 85.6 Å². The van der Waals surface area contributed by atoms with Gasteiger partial charge in [-0.05, 0) is 31.2 Å². The molecule has 1 N–H and O–H groups in total. The lowest BCUT2D eigenvalue weighted by Crippen LogP contribution is -2.28. The summed E-state index contributed by atoms with van der Waals surface area (Å²) in [6, 6.07) is 16.2. The fourth-order valence-electron chi connectivity index (χ4n) is 2.90. The molecule has 0 fully saturated rings. The van der Waals surface area contributed by atoms with Crippen LogP contribution in [-0.4, -0.2) is 30.0 Å². The number of carbonyl (C=O) groups is 3. The number of ether oxygens (including phenoxy) is 1. The van der Waals surface area contributed by atoms with E-state index in [1.54, 1.807) is 45.0 Å². The quantitative estimate of drug-likeness (QED) is 0.374. The lowest BCUT2D eigenvalue weighted by molar-refractivity contribution is -0.129. The van der Waals surface area contributed by atoms with Gasteiger partial charge in [0.25, 0.3) is 0 Å². The van der Waals surface area contributed by atoms with E-state index in [-0.39, 0.29) is 30.1 Å². The van der Waals surface area contributed by atoms with Crippen molar-refractivity contribution in [3.8, 4) is 0 Å². The molecule has 0 bridgehead atoms. The molecular formula is C25H27NO5S. The van der Waals surface area contributed by atoms with Gasteiger partial charge in [0.2, 0.25) is 5.91 Å². The van der Waals surface area contributed by atoms with Gasteiger partial charge in [0.15, 0.2) is 12.4 Å². The minimum atomic E-state index is -0.582. The fraction of sp³-hybridized carbons (Fsp3) is 0.320. The van der Waals surface area contributed by atoms with Gasteiger partial charge in [-0.1, -0.05) is 51.1 Å². The molecule has 1 heterocycles. The predicted octanol–water partition coefficient (Wildman–Crippen LogP) is 5.17. The SMILES string of the molecule is CC(NC(=O)CSc1ccccc1C(=O)OCC(=O)C(C)(C)C)c1cc2ccccc2o1. The Labute approximate surface area is 191 Å². The summed E-state index contributed by atoms with van der Waals surface area (Å²) >= 11 is 1.24. The van der Waals surface area contributed by atoms with Gasteiger partial charge in [0.1, 0.15) is 11.3 Å². The number of para-hydroxylation sites is 1. The van der Waals surface area contributed by atoms with Gasteiger partial charge in [-0.15, -0.1) is 11.8 Å². The molecule has 0 saturated heterocycles. The molecule has 0 aliphatic heterocycles. The summed E-state index contributed by atoms with van der Waals surface area (Å²) in [5.41, 5.74) is 0.524. The summed E-state index contributed by atoms with van der Waals surface area (Å²) in [6.07, 6.45) is 0. The second-order valence-electron chi connectivity index (χ2n) is 8.51. The zero-order valence-corrected chi connectivity index (χ0v) is 19.5. The lowest BCUT2D eigenvalue weighted by atomic mass is 9.91. The van der Waals surface area contributed by atoms with E-state index in [0.717, 1.165) is 11.0 Å². The first-order chi connectivity index (χ1) is 15.1. The Hall–Kier alpha value is -3.06. The summed E-state index contributed by atoms with van der Waals surface area (Å²) in [6.45, 7) is 6.91. The van der Waals surface area contributed by atoms with Crippen molar-refractivity contribution in [2.75, 3.05) is 12.4 Å². The zero-order chi connectivity index (χ0) is 23.3. The minimum Gasteiger partial charge on any atom is -0.459 e. The third kappa shape index (κ3) is 6.01. The van der Waals surface area contributed by atoms with Crippen molar-refractivity contribution in [2.24, 2.45) is 5.41 Å². The van der Waals surface area contributed by atoms with Crippen LogP contribution in [0.5, 0.6) is 0 Å². The number of hydrogen-bond donors (Lipinski definition) is 1. The molecule has 3 aromatic rings. The van der Waals surface area contributed by atoms with Crippen LogP contribution in [0.3, 0.4) is 0 Å². The van der Waals surface area contributed by atoms with Crippen LogP contribution in [0.2, 0.25) is 0 Å². The van der Waals surface area contributed by atoms with Crippen molar-refractivity contribution >= 4 is 40.4 Å². The largest absolute Gasteiger partial charge is 0.459 e. The molecule has 6 nitrogen and oxygen atoms in total. The number of benzene rings is 2. The van der Waals surface area contributed by atoms with E-state index in [4.69, 9.17) is 9.15 Å². The first kappa shape index (κ1) is 23.6. The molecule has 1 amide bonds. The number of ketones is 1. The molecule has 0 radical (unpaired) electrons. The molecule has 7 heteroatoms. The lowest BCUT2D eigenvalue weighted by Gasteiger charge is -2.16. The van der Waals surface area contributed by atoms with Crippen LogP contribution in [-0.2, 0) is 14.3 Å². The second kappa shape index (κ2) is 10.0. The van der Waals surface area contributed by atoms with Crippen LogP contribution in [0.4, 0.5) is 0 Å². The molecule has 3 rings (SSSR count). The molecule has 168 valence electrons. The summed E-state index contributed by atoms with van der Waals surface area (Å²) in [5.74, 6) is -0.127. The van der Waals surface area contributed by atoms with Crippen LogP contribution >= 0.6 is 11.8 Å². The molecule has 0 saturated carbocycles. The van der Waals surface area contributed by atoms with E-state index in [2.05, 4.69) is 5.32 Å². The zero-order valence-electron chi connectivity index (χ0n) is 18.6. The average molecular weight is 454 g/mol. The summed E-state index contributed by atoms with van der Waals surface area (Å²) in [7, 11) is 0. The third-order valence-electron chi connectivity index (χ3n) is 4.89. The van der Waals surface area contributed by atoms with Crippen molar-refractivity contribution in [1.82, 2.24) is 5.32 Å². The number of furan rings is 1. The van der Waals surface area contributed by atoms with Crippen molar-refractivity contribution in [3.05, 3.63) is 65.9 Å². The molecule has 0 spiro atoms. The number of rotatable bonds is 8. The highest BCUT2D eigenvalue weighted by molar-refractivity contribution is 8.00. The van der Waals surface area contributed by atoms with Gasteiger partial charge >= 0.3 is 5.97 Å². The maximum atomic E-state index is 12.5. The predicted molar refractivity (Wildman–Crippen MR) is 125 cm³/mol. The molecule has 1 atom stereocenters. The highest BCUT2D eigenvalue weighted by Crippen LogP contribution is 2.26. The van der Waals surface area contributed by atoms with Crippen LogP contribution in [0, 0.1) is 5.41 Å². The monoisotopic (exact) mass is 453 g/mol. The number of thioether (sulfide) groups is 1. The van der Waals surface area contributed by atoms with Gasteiger partial charge in [-0.2, -0.15) is 0 Å². The molecule has 32 heavy (non-hydrogen) atoms. The van der Waals surface area contributed by atoms with Crippen LogP contribution in [0.15, 0.2) is 63.9 Å². The van der Waals surface area contributed by atoms with Gasteiger partial charge in [0.05, 0.1) is 17.4 Å². The van der Waals surface area contributed by atoms with E-state index in [9.17, 15) is 14.4 Å². The van der Waals surface area contributed by atoms with E-state index >= 15 is 0 Å². The Bertz CT molecular complexity index is 1100. The summed E-state index contributed by atoms with van der Waals surface area (Å²) in [5, 5.41) is 3.90. The smallest absolute Gasteiger partial charge is 0.339 e. The van der Waals surface area contributed by atoms with Crippen LogP contribution in [0.1, 0.15) is 49.9 Å². The normalized spacial score (nSPS) is 12.4. The third-order valence-corrected chi connectivity index (χ3v) is 5.96. The molecular weight excluding hydrogens is 426 g/mol. The minimum absolute atomic E-state index is 0.121. The van der Waals surface area contributed by atoms with E-state index in [1.807, 2.05) is 37.3 Å². The molecule has 1 unspecified atom stereocenters. The van der Waals surface area contributed by atoms with Gasteiger partial charge in [-0.3, -0.25) is 9.59 Å². The standard InChI is InChI=1S/C25H27NO5S/c1-16(20-13-17-9-5-7-11-19(17)31-20)26-23(28)15-32-21-12-8-6-10-18(21)24(29)30-14-22(27)25(2,3)4/h5-13,16H,14-15H2,1-4H3,(H,26,28). The summed E-state index contributed by atoms with van der Waals surface area (Å²) in [4.78, 5) is 37.6. The Morgan fingerprint density at radius 3 is 2.47 bits per heavy atom. The molecule has 0 aliphatic carbocycles. The Balaban J connectivity index is 1.57. The first-order valence-electron chi connectivity index (χ1n) is 10.4. The molecule has 1 aromatic heterocycles. The van der Waals surface area contributed by atoms with Crippen LogP contribution < -0.4 is 5.32 Å². The maximum Gasteiger partial charge on any atom is 0.339 e. The van der Waals surface area contributed by atoms with E-state index in [1.165, 1.54) is 11.8 Å². The number of carbonyl (C=O) groups excluding carboxylic acids is 3. The Morgan fingerprint density at radius 1 is 1.06 bits per heavy atom. The number of Topliss-reactive ketones (excluding diaryl/α,β-unsaturated/α-hetero) is 1. The average Bonchev–Trinajstić information content (AvgIpc) is 3.20. The molecule has 0 aliphatic rings. The van der Waals surface area contributed by atoms with Crippen LogP contribution in [0.25, 0.3) is 11.0 Å². The van der Waals surface area contributed by atoms with E-state index < -0.39 is 11.4 Å². The molecule has 2 aromatic carbocycles. The highest BCUT2D eigenvalue weighted by Gasteiger charge is 2.23. The highest BCUT2D eigenvalue weighted by atomic mass is 32.2. The second-order valence-corrected chi connectivity index (χ2v) is 9.53. The summed E-state index contributed by atoms with van der Waals surface area (Å²) < 4.78 is 11.0. The van der Waals surface area contributed by atoms with Crippen molar-refractivity contribution in [3.63, 3.8) is 0 Å². The van der Waals surface area contributed by atoms with Crippen molar-refractivity contribution < 1.29 is 23.5 Å². The van der Waals surface area contributed by atoms with Gasteiger partial charge < -0.3 is 14.5 Å². The first-order valence-corrected chi connectivity index (χ1v) is 11.3. The maximum absolute atomic E-state index is 12.5. The number of hydrogen-bond acceptors (Lipinski definition) is 6. The van der Waals surface area contributed by atoms with Gasteiger partial charge in [-0.25, -0.2) is 4.79 Å². The van der Waals surface area contributed by atoms with Crippen molar-refractivity contribution in [2.45, 2.75) is 38.6 Å². The van der Waals surface area contributed by atoms with Crippen molar-refractivity contribution in [1.29, 1.82) is 0 Å². The number of esters is 1. The van der Waals surface area contributed by atoms with E-state index in [0.29, 0.717) is 16.2 Å². The number of amides is 1. The Morgan fingerprint density at radius 2 is 1.75 bits per heavy atom. The number of nitrogens with one attached hydrogen (secondary N) is 1. The van der Waals surface area contributed by atoms with Gasteiger partial charge in [0, 0.05) is 15.7 Å².